The second kappa shape index (κ2) is 5.88. The summed E-state index contributed by atoms with van der Waals surface area (Å²) in [6.45, 7) is -0.663. The molecule has 0 aliphatic carbocycles. The molecule has 1 aliphatic heterocycles. The Hall–Kier alpha value is -1.83. The fraction of sp³-hybridized carbons (Fsp3) is 0.385. The zero-order valence-corrected chi connectivity index (χ0v) is 11.7. The first kappa shape index (κ1) is 15.6. The lowest BCUT2D eigenvalue weighted by atomic mass is 10.0. The van der Waals surface area contributed by atoms with E-state index in [1.165, 1.54) is 6.07 Å². The molecule has 0 fully saturated rings. The van der Waals surface area contributed by atoms with E-state index in [0.717, 1.165) is 5.56 Å². The van der Waals surface area contributed by atoms with Crippen LogP contribution in [-0.4, -0.2) is 23.7 Å². The van der Waals surface area contributed by atoms with Gasteiger partial charge in [0.25, 0.3) is 0 Å². The Kier molecular flexibility index (Phi) is 4.36. The van der Waals surface area contributed by atoms with Gasteiger partial charge < -0.3 is 15.8 Å². The van der Waals surface area contributed by atoms with E-state index in [9.17, 15) is 18.0 Å². The lowest BCUT2D eigenvalue weighted by molar-refractivity contribution is -0.161. The number of carbonyl (C=O) groups is 1. The molecule has 0 spiro atoms. The van der Waals surface area contributed by atoms with Crippen molar-refractivity contribution < 1.29 is 22.7 Å². The van der Waals surface area contributed by atoms with Crippen LogP contribution in [0.4, 0.5) is 18.9 Å². The van der Waals surface area contributed by atoms with E-state index >= 15 is 0 Å². The normalized spacial score (nSPS) is 15.9. The standard InChI is InChI=1S/C13H13F3N2O2S/c14-13(15,16)9(12(17)21)6-20-8-2-3-10-7(5-8)1-4-11(19)18-10/h2-3,5,9H,1,4,6H2,(H2,17,21)(H,18,19). The third kappa shape index (κ3) is 3.84. The summed E-state index contributed by atoms with van der Waals surface area (Å²) in [4.78, 5) is 10.6. The zero-order valence-electron chi connectivity index (χ0n) is 10.9. The largest absolute Gasteiger partial charge is 0.492 e. The number of aryl methyl sites for hydroxylation is 1. The molecule has 0 bridgehead atoms. The van der Waals surface area contributed by atoms with Gasteiger partial charge >= 0.3 is 6.18 Å². The van der Waals surface area contributed by atoms with Gasteiger partial charge in [0, 0.05) is 12.1 Å². The maximum atomic E-state index is 12.7. The van der Waals surface area contributed by atoms with Gasteiger partial charge in [-0.05, 0) is 30.2 Å². The minimum atomic E-state index is -4.53. The molecule has 1 unspecified atom stereocenters. The number of ether oxygens (including phenoxy) is 1. The third-order valence-corrected chi connectivity index (χ3v) is 3.41. The molecule has 1 amide bonds. The smallest absolute Gasteiger partial charge is 0.401 e. The summed E-state index contributed by atoms with van der Waals surface area (Å²) in [7, 11) is 0. The average molecular weight is 318 g/mol. The fourth-order valence-electron chi connectivity index (χ4n) is 1.97. The van der Waals surface area contributed by atoms with E-state index in [2.05, 4.69) is 17.5 Å². The molecule has 1 aromatic rings. The molecule has 1 aliphatic rings. The molecule has 8 heteroatoms. The molecular formula is C13H13F3N2O2S. The van der Waals surface area contributed by atoms with Gasteiger partial charge in [0.2, 0.25) is 5.91 Å². The van der Waals surface area contributed by atoms with E-state index < -0.39 is 23.7 Å². The molecule has 3 N–H and O–H groups in total. The van der Waals surface area contributed by atoms with Crippen molar-refractivity contribution >= 4 is 28.8 Å². The summed E-state index contributed by atoms with van der Waals surface area (Å²) >= 11 is 4.42. The highest BCUT2D eigenvalue weighted by molar-refractivity contribution is 7.80. The summed E-state index contributed by atoms with van der Waals surface area (Å²) in [5, 5.41) is 2.68. The summed E-state index contributed by atoms with van der Waals surface area (Å²) in [5.74, 6) is -1.78. The van der Waals surface area contributed by atoms with Crippen LogP contribution in [0.3, 0.4) is 0 Å². The van der Waals surface area contributed by atoms with E-state index in [-0.39, 0.29) is 11.7 Å². The average Bonchev–Trinajstić information content (AvgIpc) is 2.37. The molecule has 0 radical (unpaired) electrons. The molecule has 2 rings (SSSR count). The number of anilines is 1. The molecule has 4 nitrogen and oxygen atoms in total. The Labute approximate surface area is 124 Å². The van der Waals surface area contributed by atoms with E-state index in [1.807, 2.05) is 0 Å². The number of rotatable bonds is 4. The van der Waals surface area contributed by atoms with Crippen molar-refractivity contribution in [2.24, 2.45) is 11.7 Å². The van der Waals surface area contributed by atoms with Crippen LogP contribution in [0.2, 0.25) is 0 Å². The lowest BCUT2D eigenvalue weighted by Gasteiger charge is -2.21. The number of hydrogen-bond acceptors (Lipinski definition) is 3. The van der Waals surface area contributed by atoms with Crippen molar-refractivity contribution in [2.75, 3.05) is 11.9 Å². The minimum Gasteiger partial charge on any atom is -0.492 e. The van der Waals surface area contributed by atoms with E-state index in [0.29, 0.717) is 18.5 Å². The molecule has 1 aromatic carbocycles. The maximum Gasteiger partial charge on any atom is 0.401 e. The second-order valence-corrected chi connectivity index (χ2v) is 5.15. The van der Waals surface area contributed by atoms with Gasteiger partial charge in [-0.2, -0.15) is 13.2 Å². The topological polar surface area (TPSA) is 64.3 Å². The van der Waals surface area contributed by atoms with Crippen molar-refractivity contribution in [3.63, 3.8) is 0 Å². The van der Waals surface area contributed by atoms with Gasteiger partial charge in [-0.1, -0.05) is 12.2 Å². The number of hydrogen-bond donors (Lipinski definition) is 2. The van der Waals surface area contributed by atoms with Crippen LogP contribution >= 0.6 is 12.2 Å². The quantitative estimate of drug-likeness (QED) is 0.837. The van der Waals surface area contributed by atoms with Crippen LogP contribution in [0, 0.1) is 5.92 Å². The van der Waals surface area contributed by atoms with Gasteiger partial charge in [-0.25, -0.2) is 0 Å². The lowest BCUT2D eigenvalue weighted by Crippen LogP contribution is -2.38. The molecule has 114 valence electrons. The second-order valence-electron chi connectivity index (χ2n) is 4.67. The van der Waals surface area contributed by atoms with Crippen LogP contribution in [0.5, 0.6) is 5.75 Å². The van der Waals surface area contributed by atoms with Crippen molar-refractivity contribution in [1.82, 2.24) is 0 Å². The SMILES string of the molecule is NC(=S)C(COc1ccc2c(c1)CCC(=O)N2)C(F)(F)F. The Morgan fingerprint density at radius 2 is 2.14 bits per heavy atom. The first-order valence-electron chi connectivity index (χ1n) is 6.19. The number of thiocarbonyl (C=S) groups is 1. The van der Waals surface area contributed by atoms with Gasteiger partial charge in [0.05, 0.1) is 4.99 Å². The van der Waals surface area contributed by atoms with Crippen LogP contribution in [0.1, 0.15) is 12.0 Å². The van der Waals surface area contributed by atoms with E-state index in [4.69, 9.17) is 10.5 Å². The molecule has 0 aromatic heterocycles. The molecule has 0 saturated heterocycles. The Balaban J connectivity index is 2.07. The first-order valence-corrected chi connectivity index (χ1v) is 6.60. The van der Waals surface area contributed by atoms with Crippen molar-refractivity contribution in [3.05, 3.63) is 23.8 Å². The zero-order chi connectivity index (χ0) is 15.6. The van der Waals surface area contributed by atoms with Crippen LogP contribution in [-0.2, 0) is 11.2 Å². The van der Waals surface area contributed by atoms with Crippen molar-refractivity contribution in [1.29, 1.82) is 0 Å². The molecule has 1 atom stereocenters. The Morgan fingerprint density at radius 1 is 1.43 bits per heavy atom. The predicted molar refractivity (Wildman–Crippen MR) is 75.2 cm³/mol. The highest BCUT2D eigenvalue weighted by Gasteiger charge is 2.42. The third-order valence-electron chi connectivity index (χ3n) is 3.13. The summed E-state index contributed by atoms with van der Waals surface area (Å²) in [6.07, 6.45) is -3.67. The van der Waals surface area contributed by atoms with Gasteiger partial charge in [0.1, 0.15) is 18.3 Å². The van der Waals surface area contributed by atoms with Crippen LogP contribution in [0.25, 0.3) is 0 Å². The number of carbonyl (C=O) groups excluding carboxylic acids is 1. The van der Waals surface area contributed by atoms with Crippen molar-refractivity contribution in [3.8, 4) is 5.75 Å². The highest BCUT2D eigenvalue weighted by Crippen LogP contribution is 2.30. The Morgan fingerprint density at radius 3 is 2.76 bits per heavy atom. The number of fused-ring (bicyclic) bond motifs is 1. The number of halogens is 3. The summed E-state index contributed by atoms with van der Waals surface area (Å²) < 4.78 is 43.2. The molecule has 21 heavy (non-hydrogen) atoms. The van der Waals surface area contributed by atoms with Crippen LogP contribution < -0.4 is 15.8 Å². The number of nitrogens with two attached hydrogens (primary N) is 1. The van der Waals surface area contributed by atoms with Crippen molar-refractivity contribution in [2.45, 2.75) is 19.0 Å². The number of amides is 1. The Bertz CT molecular complexity index is 575. The maximum absolute atomic E-state index is 12.7. The number of benzene rings is 1. The van der Waals surface area contributed by atoms with Gasteiger partial charge in [-0.3, -0.25) is 4.79 Å². The summed E-state index contributed by atoms with van der Waals surface area (Å²) in [6, 6.07) is 4.71. The fourth-order valence-corrected chi connectivity index (χ4v) is 2.17. The molecular weight excluding hydrogens is 305 g/mol. The first-order chi connectivity index (χ1) is 9.77. The number of alkyl halides is 3. The van der Waals surface area contributed by atoms with Gasteiger partial charge in [-0.15, -0.1) is 0 Å². The van der Waals surface area contributed by atoms with Crippen LogP contribution in [0.15, 0.2) is 18.2 Å². The number of nitrogens with one attached hydrogen (secondary N) is 1. The van der Waals surface area contributed by atoms with E-state index in [1.54, 1.807) is 12.1 Å². The monoisotopic (exact) mass is 318 g/mol. The minimum absolute atomic E-state index is 0.0817. The summed E-state index contributed by atoms with van der Waals surface area (Å²) in [5.41, 5.74) is 6.58. The van der Waals surface area contributed by atoms with Gasteiger partial charge in [0.15, 0.2) is 0 Å². The molecule has 0 saturated carbocycles. The predicted octanol–water partition coefficient (Wildman–Crippen LogP) is 2.41. The molecule has 1 heterocycles. The highest BCUT2D eigenvalue weighted by atomic mass is 32.1.